The molecule has 0 radical (unpaired) electrons. The summed E-state index contributed by atoms with van der Waals surface area (Å²) in [7, 11) is 0. The average molecular weight is 324 g/mol. The van der Waals surface area contributed by atoms with Crippen molar-refractivity contribution >= 4 is 17.9 Å². The number of nitro benzene ring substituents is 1. The van der Waals surface area contributed by atoms with E-state index in [0.29, 0.717) is 17.9 Å². The first-order valence-electron chi connectivity index (χ1n) is 7.57. The summed E-state index contributed by atoms with van der Waals surface area (Å²) in [5.74, 6) is -0.745. The summed E-state index contributed by atoms with van der Waals surface area (Å²) >= 11 is 0. The van der Waals surface area contributed by atoms with Gasteiger partial charge in [0.05, 0.1) is 4.92 Å². The Hall–Kier alpha value is -2.28. The second-order valence-corrected chi connectivity index (χ2v) is 5.11. The van der Waals surface area contributed by atoms with E-state index in [0.717, 1.165) is 0 Å². The van der Waals surface area contributed by atoms with Gasteiger partial charge in [0, 0.05) is 30.2 Å². The predicted octanol–water partition coefficient (Wildman–Crippen LogP) is 3.17. The number of benzene rings is 1. The summed E-state index contributed by atoms with van der Waals surface area (Å²) < 4.78 is 0. The summed E-state index contributed by atoms with van der Waals surface area (Å²) in [4.78, 5) is 29.1. The summed E-state index contributed by atoms with van der Waals surface area (Å²) in [6.07, 6.45) is 7.53. The third-order valence-electron chi connectivity index (χ3n) is 3.19. The molecule has 0 amide bonds. The normalized spacial score (nSPS) is 13.7. The quantitative estimate of drug-likeness (QED) is 0.500. The first-order chi connectivity index (χ1) is 10.9. The zero-order chi connectivity index (χ0) is 17.7. The lowest BCUT2D eigenvalue weighted by atomic mass is 9.97. The largest absolute Gasteiger partial charge is 0.481 e. The molecular formula is C16H24N2O5. The molecule has 1 aromatic carbocycles. The molecule has 7 nitrogen and oxygen atoms in total. The summed E-state index contributed by atoms with van der Waals surface area (Å²) in [6, 6.07) is 5.94. The van der Waals surface area contributed by atoms with Gasteiger partial charge in [-0.15, -0.1) is 0 Å². The van der Waals surface area contributed by atoms with E-state index in [2.05, 4.69) is 0 Å². The van der Waals surface area contributed by atoms with Crippen LogP contribution >= 0.6 is 0 Å². The van der Waals surface area contributed by atoms with Gasteiger partial charge in [-0.05, 0) is 25.0 Å². The fourth-order valence-corrected chi connectivity index (χ4v) is 1.81. The number of aldehydes is 1. The molecule has 0 aliphatic heterocycles. The number of nitro groups is 1. The molecule has 2 rings (SSSR count). The van der Waals surface area contributed by atoms with E-state index in [1.807, 2.05) is 0 Å². The SMILES string of the molecule is CCC(=O)O.NC1CCCCC1.O=Cc1ccc([N+](=O)[O-])cc1. The minimum atomic E-state index is -0.745. The van der Waals surface area contributed by atoms with Crippen LogP contribution in [0.2, 0.25) is 0 Å². The molecule has 23 heavy (non-hydrogen) atoms. The maximum absolute atomic E-state index is 10.1. The van der Waals surface area contributed by atoms with E-state index < -0.39 is 10.9 Å². The Morgan fingerprint density at radius 3 is 2.04 bits per heavy atom. The van der Waals surface area contributed by atoms with Crippen LogP contribution < -0.4 is 5.73 Å². The van der Waals surface area contributed by atoms with Crippen molar-refractivity contribution in [3.8, 4) is 0 Å². The zero-order valence-electron chi connectivity index (χ0n) is 13.3. The minimum absolute atomic E-state index is 0.00407. The molecule has 0 aromatic heterocycles. The van der Waals surface area contributed by atoms with Crippen molar-refractivity contribution < 1.29 is 19.6 Å². The number of nitrogens with two attached hydrogens (primary N) is 1. The van der Waals surface area contributed by atoms with E-state index in [9.17, 15) is 19.7 Å². The van der Waals surface area contributed by atoms with Gasteiger partial charge in [0.2, 0.25) is 0 Å². The number of nitrogens with zero attached hydrogens (tertiary/aromatic N) is 1. The molecule has 0 heterocycles. The highest BCUT2D eigenvalue weighted by Crippen LogP contribution is 2.14. The smallest absolute Gasteiger partial charge is 0.303 e. The van der Waals surface area contributed by atoms with Crippen molar-refractivity contribution in [3.63, 3.8) is 0 Å². The number of non-ortho nitro benzene ring substituents is 1. The van der Waals surface area contributed by atoms with Crippen molar-refractivity contribution in [3.05, 3.63) is 39.9 Å². The predicted molar refractivity (Wildman–Crippen MR) is 87.5 cm³/mol. The Morgan fingerprint density at radius 1 is 1.30 bits per heavy atom. The van der Waals surface area contributed by atoms with Crippen molar-refractivity contribution in [1.29, 1.82) is 0 Å². The number of carbonyl (C=O) groups excluding carboxylic acids is 1. The highest BCUT2D eigenvalue weighted by molar-refractivity contribution is 5.75. The molecule has 0 unspecified atom stereocenters. The molecule has 128 valence electrons. The second-order valence-electron chi connectivity index (χ2n) is 5.11. The van der Waals surface area contributed by atoms with Gasteiger partial charge in [-0.3, -0.25) is 19.7 Å². The van der Waals surface area contributed by atoms with E-state index >= 15 is 0 Å². The Labute approximate surface area is 135 Å². The lowest BCUT2D eigenvalue weighted by molar-refractivity contribution is -0.384. The van der Waals surface area contributed by atoms with Gasteiger partial charge in [-0.25, -0.2) is 0 Å². The van der Waals surface area contributed by atoms with Gasteiger partial charge in [-0.2, -0.15) is 0 Å². The van der Waals surface area contributed by atoms with Crippen LogP contribution in [0.1, 0.15) is 55.8 Å². The van der Waals surface area contributed by atoms with Crippen molar-refractivity contribution in [2.75, 3.05) is 0 Å². The molecule has 3 N–H and O–H groups in total. The third kappa shape index (κ3) is 11.0. The van der Waals surface area contributed by atoms with Gasteiger partial charge >= 0.3 is 5.97 Å². The Kier molecular flexibility index (Phi) is 11.1. The standard InChI is InChI=1S/C7H5NO3.C6H13N.C3H6O2/c9-5-6-1-3-7(4-2-6)8(10)11;7-6-4-2-1-3-5-6;1-2-3(4)5/h1-5H;6H,1-5,7H2;2H2,1H3,(H,4,5). The van der Waals surface area contributed by atoms with E-state index in [1.165, 1.54) is 56.4 Å². The van der Waals surface area contributed by atoms with Crippen LogP contribution in [0, 0.1) is 10.1 Å². The molecule has 7 heteroatoms. The highest BCUT2D eigenvalue weighted by atomic mass is 16.6. The Balaban J connectivity index is 0.000000347. The van der Waals surface area contributed by atoms with Crippen LogP contribution in [0.4, 0.5) is 5.69 Å². The van der Waals surface area contributed by atoms with Crippen LogP contribution in [0.3, 0.4) is 0 Å². The van der Waals surface area contributed by atoms with Crippen molar-refractivity contribution in [2.45, 2.75) is 51.5 Å². The molecule has 1 aliphatic rings. The number of aliphatic carboxylic acids is 1. The van der Waals surface area contributed by atoms with Gasteiger partial charge < -0.3 is 10.8 Å². The fourth-order valence-electron chi connectivity index (χ4n) is 1.81. The van der Waals surface area contributed by atoms with E-state index in [4.69, 9.17) is 10.8 Å². The van der Waals surface area contributed by atoms with Crippen LogP contribution in [0.5, 0.6) is 0 Å². The van der Waals surface area contributed by atoms with Gasteiger partial charge in [0.1, 0.15) is 6.29 Å². The molecule has 1 aliphatic carbocycles. The number of hydrogen-bond donors (Lipinski definition) is 2. The molecule has 1 fully saturated rings. The first-order valence-corrected chi connectivity index (χ1v) is 7.57. The van der Waals surface area contributed by atoms with Gasteiger partial charge in [0.25, 0.3) is 5.69 Å². The maximum atomic E-state index is 10.1. The third-order valence-corrected chi connectivity index (χ3v) is 3.19. The lowest BCUT2D eigenvalue weighted by Crippen LogP contribution is -2.22. The monoisotopic (exact) mass is 324 g/mol. The number of carboxylic acids is 1. The number of rotatable bonds is 3. The highest BCUT2D eigenvalue weighted by Gasteiger charge is 2.06. The van der Waals surface area contributed by atoms with E-state index in [1.54, 1.807) is 6.92 Å². The van der Waals surface area contributed by atoms with Crippen molar-refractivity contribution in [1.82, 2.24) is 0 Å². The van der Waals surface area contributed by atoms with Gasteiger partial charge in [-0.1, -0.05) is 26.2 Å². The average Bonchev–Trinajstić information content (AvgIpc) is 2.56. The lowest BCUT2D eigenvalue weighted by Gasteiger charge is -2.15. The Morgan fingerprint density at radius 2 is 1.78 bits per heavy atom. The molecule has 1 saturated carbocycles. The Bertz CT molecular complexity index is 482. The number of carbonyl (C=O) groups is 2. The van der Waals surface area contributed by atoms with Crippen LogP contribution in [0.15, 0.2) is 24.3 Å². The molecule has 0 spiro atoms. The topological polar surface area (TPSA) is 124 Å². The fraction of sp³-hybridized carbons (Fsp3) is 0.500. The molecule has 1 aromatic rings. The molecule has 0 atom stereocenters. The van der Waals surface area contributed by atoms with Crippen LogP contribution in [-0.4, -0.2) is 28.3 Å². The molecule has 0 saturated heterocycles. The second kappa shape index (κ2) is 12.3. The van der Waals surface area contributed by atoms with E-state index in [-0.39, 0.29) is 12.1 Å². The van der Waals surface area contributed by atoms with Crippen molar-refractivity contribution in [2.24, 2.45) is 5.73 Å². The zero-order valence-corrected chi connectivity index (χ0v) is 13.3. The number of carboxylic acid groups (broad SMARTS) is 1. The number of hydrogen-bond acceptors (Lipinski definition) is 5. The minimum Gasteiger partial charge on any atom is -0.481 e. The maximum Gasteiger partial charge on any atom is 0.303 e. The van der Waals surface area contributed by atoms with Gasteiger partial charge in [0.15, 0.2) is 0 Å². The summed E-state index contributed by atoms with van der Waals surface area (Å²) in [6.45, 7) is 1.60. The molecular weight excluding hydrogens is 300 g/mol. The van der Waals surface area contributed by atoms with Crippen LogP contribution in [0.25, 0.3) is 0 Å². The first kappa shape index (κ1) is 20.7. The summed E-state index contributed by atoms with van der Waals surface area (Å²) in [5, 5.41) is 17.8. The summed E-state index contributed by atoms with van der Waals surface area (Å²) in [5.41, 5.74) is 6.07. The molecule has 0 bridgehead atoms. The van der Waals surface area contributed by atoms with Crippen LogP contribution in [-0.2, 0) is 4.79 Å².